The smallest absolute Gasteiger partial charge is 0.136 e. The molecule has 3 aromatic rings. The number of fused-ring (bicyclic) bond motifs is 3. The zero-order chi connectivity index (χ0) is 16.5. The van der Waals surface area contributed by atoms with Crippen LogP contribution in [0, 0.1) is 6.92 Å². The molecule has 0 spiro atoms. The SMILES string of the molecule is Cc1cnc(NCCCN2CCCC2)c2c3cnccc3n(C)c12. The van der Waals surface area contributed by atoms with Gasteiger partial charge in [-0.3, -0.25) is 4.98 Å². The maximum atomic E-state index is 4.67. The maximum Gasteiger partial charge on any atom is 0.136 e. The van der Waals surface area contributed by atoms with E-state index in [0.717, 1.165) is 18.8 Å². The summed E-state index contributed by atoms with van der Waals surface area (Å²) in [6.45, 7) is 6.79. The number of pyridine rings is 2. The van der Waals surface area contributed by atoms with Crippen LogP contribution in [0.25, 0.3) is 21.8 Å². The van der Waals surface area contributed by atoms with Crippen molar-refractivity contribution in [1.29, 1.82) is 0 Å². The summed E-state index contributed by atoms with van der Waals surface area (Å²) >= 11 is 0. The first-order valence-corrected chi connectivity index (χ1v) is 8.89. The first-order valence-electron chi connectivity index (χ1n) is 8.89. The van der Waals surface area contributed by atoms with Crippen LogP contribution in [0.2, 0.25) is 0 Å². The van der Waals surface area contributed by atoms with Gasteiger partial charge in [-0.15, -0.1) is 0 Å². The summed E-state index contributed by atoms with van der Waals surface area (Å²) < 4.78 is 2.25. The lowest BCUT2D eigenvalue weighted by Gasteiger charge is -2.15. The van der Waals surface area contributed by atoms with E-state index in [4.69, 9.17) is 0 Å². The largest absolute Gasteiger partial charge is 0.369 e. The van der Waals surface area contributed by atoms with E-state index < -0.39 is 0 Å². The first kappa shape index (κ1) is 15.4. The van der Waals surface area contributed by atoms with Crippen LogP contribution >= 0.6 is 0 Å². The standard InChI is InChI=1S/C19H25N5/c1-14-12-22-19(21-7-5-11-24-9-3-4-10-24)17-15-13-20-8-6-16(15)23(2)18(14)17/h6,8,12-13H,3-5,7,9-11H2,1-2H3,(H,21,22). The molecule has 1 fully saturated rings. The number of likely N-dealkylation sites (tertiary alicyclic amines) is 1. The molecule has 0 aliphatic carbocycles. The average molecular weight is 323 g/mol. The van der Waals surface area contributed by atoms with Crippen LogP contribution in [0.5, 0.6) is 0 Å². The number of aromatic nitrogens is 3. The molecule has 1 N–H and O–H groups in total. The molecule has 1 aliphatic rings. The summed E-state index contributed by atoms with van der Waals surface area (Å²) in [6, 6.07) is 2.08. The molecule has 0 amide bonds. The van der Waals surface area contributed by atoms with Crippen LogP contribution in [0.4, 0.5) is 5.82 Å². The highest BCUT2D eigenvalue weighted by molar-refractivity contribution is 6.13. The van der Waals surface area contributed by atoms with Gasteiger partial charge in [0, 0.05) is 37.6 Å². The molecule has 126 valence electrons. The predicted molar refractivity (Wildman–Crippen MR) is 99.5 cm³/mol. The lowest BCUT2D eigenvalue weighted by Crippen LogP contribution is -2.22. The zero-order valence-corrected chi connectivity index (χ0v) is 14.5. The second kappa shape index (κ2) is 6.40. The minimum atomic E-state index is 0.957. The van der Waals surface area contributed by atoms with Gasteiger partial charge in [0.25, 0.3) is 0 Å². The highest BCUT2D eigenvalue weighted by Crippen LogP contribution is 2.33. The first-order chi connectivity index (χ1) is 11.8. The molecule has 3 aromatic heterocycles. The van der Waals surface area contributed by atoms with Gasteiger partial charge in [-0.2, -0.15) is 0 Å². The van der Waals surface area contributed by atoms with E-state index in [1.165, 1.54) is 59.8 Å². The summed E-state index contributed by atoms with van der Waals surface area (Å²) in [5.74, 6) is 0.982. The van der Waals surface area contributed by atoms with Crippen LogP contribution in [0.15, 0.2) is 24.7 Å². The predicted octanol–water partition coefficient (Wildman–Crippen LogP) is 3.33. The van der Waals surface area contributed by atoms with Crippen molar-refractivity contribution in [2.45, 2.75) is 26.2 Å². The molecule has 24 heavy (non-hydrogen) atoms. The van der Waals surface area contributed by atoms with Crippen LogP contribution in [-0.2, 0) is 7.05 Å². The van der Waals surface area contributed by atoms with Crippen molar-refractivity contribution in [2.24, 2.45) is 7.05 Å². The van der Waals surface area contributed by atoms with Gasteiger partial charge in [0.2, 0.25) is 0 Å². The maximum absolute atomic E-state index is 4.67. The Labute approximate surface area is 142 Å². The number of hydrogen-bond acceptors (Lipinski definition) is 4. The Balaban J connectivity index is 1.61. The molecule has 0 bridgehead atoms. The number of rotatable bonds is 5. The third-order valence-corrected chi connectivity index (χ3v) is 5.14. The van der Waals surface area contributed by atoms with E-state index in [9.17, 15) is 0 Å². The van der Waals surface area contributed by atoms with Gasteiger partial charge in [0.1, 0.15) is 5.82 Å². The summed E-state index contributed by atoms with van der Waals surface area (Å²) in [4.78, 5) is 11.6. The van der Waals surface area contributed by atoms with E-state index in [0.29, 0.717) is 0 Å². The van der Waals surface area contributed by atoms with Crippen molar-refractivity contribution in [3.8, 4) is 0 Å². The Bertz CT molecular complexity index is 861. The molecule has 0 atom stereocenters. The second-order valence-corrected chi connectivity index (χ2v) is 6.79. The Morgan fingerprint density at radius 2 is 2.04 bits per heavy atom. The zero-order valence-electron chi connectivity index (χ0n) is 14.5. The summed E-state index contributed by atoms with van der Waals surface area (Å²) in [5, 5.41) is 5.94. The van der Waals surface area contributed by atoms with Crippen molar-refractivity contribution in [1.82, 2.24) is 19.4 Å². The van der Waals surface area contributed by atoms with Crippen molar-refractivity contribution in [3.63, 3.8) is 0 Å². The van der Waals surface area contributed by atoms with Gasteiger partial charge in [-0.25, -0.2) is 4.98 Å². The normalized spacial score (nSPS) is 15.6. The Morgan fingerprint density at radius 1 is 1.21 bits per heavy atom. The number of hydrogen-bond donors (Lipinski definition) is 1. The highest BCUT2D eigenvalue weighted by atomic mass is 15.1. The Kier molecular flexibility index (Phi) is 4.10. The molecule has 0 unspecified atom stereocenters. The fraction of sp³-hybridized carbons (Fsp3) is 0.474. The number of aryl methyl sites for hydroxylation is 2. The van der Waals surface area contributed by atoms with E-state index in [1.807, 2.05) is 18.6 Å². The fourth-order valence-corrected chi connectivity index (χ4v) is 3.93. The van der Waals surface area contributed by atoms with Crippen LogP contribution in [-0.4, -0.2) is 45.6 Å². The third kappa shape index (κ3) is 2.63. The molecule has 1 aliphatic heterocycles. The monoisotopic (exact) mass is 323 g/mol. The fourth-order valence-electron chi connectivity index (χ4n) is 3.93. The quantitative estimate of drug-likeness (QED) is 0.732. The van der Waals surface area contributed by atoms with Gasteiger partial charge in [-0.1, -0.05) is 0 Å². The van der Waals surface area contributed by atoms with Crippen molar-refractivity contribution < 1.29 is 0 Å². The molecule has 0 radical (unpaired) electrons. The number of nitrogens with zero attached hydrogens (tertiary/aromatic N) is 4. The van der Waals surface area contributed by atoms with E-state index in [2.05, 4.69) is 44.8 Å². The molecule has 0 aromatic carbocycles. The van der Waals surface area contributed by atoms with E-state index in [1.54, 1.807) is 0 Å². The third-order valence-electron chi connectivity index (χ3n) is 5.14. The van der Waals surface area contributed by atoms with Gasteiger partial charge < -0.3 is 14.8 Å². The molecule has 5 nitrogen and oxygen atoms in total. The molecule has 0 saturated carbocycles. The summed E-state index contributed by atoms with van der Waals surface area (Å²) in [5.41, 5.74) is 3.65. The van der Waals surface area contributed by atoms with Gasteiger partial charge in [0.15, 0.2) is 0 Å². The molecular formula is C19H25N5. The van der Waals surface area contributed by atoms with Crippen LogP contribution < -0.4 is 5.32 Å². The lowest BCUT2D eigenvalue weighted by atomic mass is 10.1. The topological polar surface area (TPSA) is 46.0 Å². The molecular weight excluding hydrogens is 298 g/mol. The number of anilines is 1. The van der Waals surface area contributed by atoms with E-state index in [-0.39, 0.29) is 0 Å². The van der Waals surface area contributed by atoms with Crippen molar-refractivity contribution in [3.05, 3.63) is 30.2 Å². The van der Waals surface area contributed by atoms with Gasteiger partial charge in [0.05, 0.1) is 16.4 Å². The van der Waals surface area contributed by atoms with Gasteiger partial charge >= 0.3 is 0 Å². The molecule has 5 heteroatoms. The summed E-state index contributed by atoms with van der Waals surface area (Å²) in [6.07, 6.45) is 9.64. The molecule has 4 rings (SSSR count). The minimum absolute atomic E-state index is 0.957. The minimum Gasteiger partial charge on any atom is -0.369 e. The number of nitrogens with one attached hydrogen (secondary N) is 1. The highest BCUT2D eigenvalue weighted by Gasteiger charge is 2.15. The van der Waals surface area contributed by atoms with Gasteiger partial charge in [-0.05, 0) is 57.5 Å². The van der Waals surface area contributed by atoms with Crippen LogP contribution in [0.1, 0.15) is 24.8 Å². The Morgan fingerprint density at radius 3 is 2.88 bits per heavy atom. The summed E-state index contributed by atoms with van der Waals surface area (Å²) in [7, 11) is 2.12. The average Bonchev–Trinajstić information content (AvgIpc) is 3.21. The van der Waals surface area contributed by atoms with E-state index >= 15 is 0 Å². The second-order valence-electron chi connectivity index (χ2n) is 6.79. The molecule has 4 heterocycles. The van der Waals surface area contributed by atoms with Crippen LogP contribution in [0.3, 0.4) is 0 Å². The molecule has 1 saturated heterocycles. The van der Waals surface area contributed by atoms with Crippen molar-refractivity contribution >= 4 is 27.6 Å². The lowest BCUT2D eigenvalue weighted by molar-refractivity contribution is 0.337. The van der Waals surface area contributed by atoms with Crippen molar-refractivity contribution in [2.75, 3.05) is 31.5 Å². The Hall–Kier alpha value is -2.14.